The van der Waals surface area contributed by atoms with Crippen LogP contribution in [-0.2, 0) is 24.4 Å². The molecular weight excluding hydrogens is 605 g/mol. The average Bonchev–Trinajstić information content (AvgIpc) is 2.84. The van der Waals surface area contributed by atoms with E-state index in [2.05, 4.69) is 4.18 Å². The molecule has 0 fully saturated rings. The first-order valence-corrected chi connectivity index (χ1v) is 13.2. The second-order valence-electron chi connectivity index (χ2n) is 9.29. The van der Waals surface area contributed by atoms with E-state index in [4.69, 9.17) is 9.47 Å². The van der Waals surface area contributed by atoms with Gasteiger partial charge in [-0.25, -0.2) is 4.79 Å². The van der Waals surface area contributed by atoms with Crippen LogP contribution in [0.3, 0.4) is 0 Å². The van der Waals surface area contributed by atoms with Gasteiger partial charge in [0.25, 0.3) is 0 Å². The Kier molecular flexibility index (Phi) is 11.9. The fourth-order valence-corrected chi connectivity index (χ4v) is 3.56. The van der Waals surface area contributed by atoms with Gasteiger partial charge in [0.1, 0.15) is 5.75 Å². The Labute approximate surface area is 229 Å². The molecule has 0 aliphatic rings. The van der Waals surface area contributed by atoms with Crippen molar-refractivity contribution in [1.82, 2.24) is 5.32 Å². The number of carbonyl (C=O) groups is 2. The highest BCUT2D eigenvalue weighted by atomic mass is 32.2. The molecule has 0 amide bonds. The van der Waals surface area contributed by atoms with Crippen molar-refractivity contribution in [2.45, 2.75) is 63.3 Å². The number of hydrogen-bond acceptors (Lipinski definition) is 8. The summed E-state index contributed by atoms with van der Waals surface area (Å²) in [5, 5.41) is -5.79. The number of benzene rings is 1. The lowest BCUT2D eigenvalue weighted by Gasteiger charge is -2.31. The van der Waals surface area contributed by atoms with Crippen molar-refractivity contribution < 1.29 is 71.2 Å². The number of hydrogen-bond donors (Lipinski definition) is 1. The molecule has 0 atom stereocenters. The van der Waals surface area contributed by atoms with E-state index >= 15 is 0 Å². The number of carbonyl (C=O) groups excluding carboxylic acids is 2. The summed E-state index contributed by atoms with van der Waals surface area (Å²) >= 11 is 0. The van der Waals surface area contributed by atoms with Crippen LogP contribution in [0.15, 0.2) is 24.3 Å². The molecule has 0 saturated heterocycles. The first-order chi connectivity index (χ1) is 18.5. The third-order valence-corrected chi connectivity index (χ3v) is 6.84. The zero-order valence-corrected chi connectivity index (χ0v) is 22.7. The Hall–Kier alpha value is -2.76. The highest BCUT2D eigenvalue weighted by molar-refractivity contribution is 7.88. The molecule has 1 aromatic rings. The van der Waals surface area contributed by atoms with E-state index in [1.54, 1.807) is 13.8 Å². The Bertz CT molecular complexity index is 1140. The van der Waals surface area contributed by atoms with E-state index in [-0.39, 0.29) is 25.2 Å². The van der Waals surface area contributed by atoms with Gasteiger partial charge in [-0.1, -0.05) is 6.92 Å². The van der Waals surface area contributed by atoms with Crippen LogP contribution in [0, 0.1) is 5.41 Å². The molecule has 1 aromatic carbocycles. The van der Waals surface area contributed by atoms with Crippen molar-refractivity contribution in [1.29, 1.82) is 0 Å². The van der Waals surface area contributed by atoms with E-state index in [0.717, 1.165) is 17.4 Å². The van der Waals surface area contributed by atoms with Gasteiger partial charge in [-0.15, -0.1) is 0 Å². The maximum atomic E-state index is 14.1. The monoisotopic (exact) mass is 633 g/mol. The smallest absolute Gasteiger partial charge is 0.449 e. The van der Waals surface area contributed by atoms with Gasteiger partial charge < -0.3 is 19.0 Å². The lowest BCUT2D eigenvalue weighted by atomic mass is 9.91. The summed E-state index contributed by atoms with van der Waals surface area (Å²) in [6.45, 7) is 0.312. The minimum atomic E-state index is -6.85. The van der Waals surface area contributed by atoms with Crippen LogP contribution >= 0.6 is 0 Å². The molecule has 0 unspecified atom stereocenters. The van der Waals surface area contributed by atoms with Crippen LogP contribution in [0.25, 0.3) is 0 Å². The van der Waals surface area contributed by atoms with Crippen molar-refractivity contribution in [2.75, 3.05) is 26.3 Å². The van der Waals surface area contributed by atoms with Crippen LogP contribution in [0.2, 0.25) is 0 Å². The summed E-state index contributed by atoms with van der Waals surface area (Å²) in [4.78, 5) is 23.9. The van der Waals surface area contributed by atoms with Crippen LogP contribution in [-0.4, -0.2) is 69.9 Å². The van der Waals surface area contributed by atoms with Gasteiger partial charge in [0.05, 0.1) is 37.3 Å². The molecule has 1 rings (SSSR count). The van der Waals surface area contributed by atoms with E-state index in [9.17, 15) is 57.5 Å². The second-order valence-corrected chi connectivity index (χ2v) is 10.9. The third-order valence-electron chi connectivity index (χ3n) is 5.55. The second kappa shape index (κ2) is 13.5. The topological polar surface area (TPSA) is 108 Å². The Balaban J connectivity index is 2.74. The molecule has 1 N–H and O–H groups in total. The highest BCUT2D eigenvalue weighted by Gasteiger charge is 2.78. The number of nitrogens with one attached hydrogen (secondary N) is 1. The number of rotatable bonds is 16. The van der Waals surface area contributed by atoms with Crippen molar-refractivity contribution in [3.05, 3.63) is 29.8 Å². The predicted octanol–water partition coefficient (Wildman–Crippen LogP) is 5.33. The normalized spacial score (nSPS) is 13.6. The molecule has 0 saturated carbocycles. The van der Waals surface area contributed by atoms with E-state index < -0.39 is 69.6 Å². The van der Waals surface area contributed by atoms with Gasteiger partial charge >= 0.3 is 45.3 Å². The number of alkyl halides is 9. The van der Waals surface area contributed by atoms with Gasteiger partial charge in [-0.05, 0) is 57.4 Å². The molecule has 0 aromatic heterocycles. The molecule has 236 valence electrons. The molecule has 18 heteroatoms. The summed E-state index contributed by atoms with van der Waals surface area (Å²) < 4.78 is 157. The zero-order chi connectivity index (χ0) is 31.9. The van der Waals surface area contributed by atoms with Gasteiger partial charge in [0.2, 0.25) is 0 Å². The van der Waals surface area contributed by atoms with Crippen molar-refractivity contribution >= 4 is 22.1 Å². The van der Waals surface area contributed by atoms with Crippen LogP contribution in [0.5, 0.6) is 5.75 Å². The molecule has 0 radical (unpaired) electrons. The first-order valence-electron chi connectivity index (χ1n) is 11.8. The average molecular weight is 634 g/mol. The molecule has 41 heavy (non-hydrogen) atoms. The number of halogens is 9. The molecule has 8 nitrogen and oxygen atoms in total. The lowest BCUT2D eigenvalue weighted by Crippen LogP contribution is -2.61. The predicted molar refractivity (Wildman–Crippen MR) is 124 cm³/mol. The molecular formula is C23H28F9NO7S. The largest absolute Gasteiger partial charge is 0.465 e. The maximum absolute atomic E-state index is 14.1. The Morgan fingerprint density at radius 1 is 0.829 bits per heavy atom. The summed E-state index contributed by atoms with van der Waals surface area (Å²) in [6.07, 6.45) is -3.95. The quantitative estimate of drug-likeness (QED) is 0.113. The van der Waals surface area contributed by atoms with Crippen LogP contribution < -0.4 is 9.50 Å². The van der Waals surface area contributed by atoms with E-state index in [1.807, 2.05) is 6.92 Å². The summed E-state index contributed by atoms with van der Waals surface area (Å²) in [5.41, 5.74) is -0.911. The number of unbranched alkanes of at least 4 members (excludes halogenated alkanes) is 1. The van der Waals surface area contributed by atoms with Gasteiger partial charge in [0.15, 0.2) is 0 Å². The van der Waals surface area contributed by atoms with Crippen LogP contribution in [0.1, 0.15) is 50.4 Å². The van der Waals surface area contributed by atoms with Gasteiger partial charge in [-0.3, -0.25) is 4.79 Å². The van der Waals surface area contributed by atoms with E-state index in [0.29, 0.717) is 25.0 Å². The first kappa shape index (κ1) is 36.3. The Morgan fingerprint density at radius 2 is 1.34 bits per heavy atom. The van der Waals surface area contributed by atoms with Crippen LogP contribution in [0.4, 0.5) is 39.5 Å². The van der Waals surface area contributed by atoms with Gasteiger partial charge in [0, 0.05) is 0 Å². The third kappa shape index (κ3) is 9.65. The minimum Gasteiger partial charge on any atom is -0.465 e. The molecule has 0 bridgehead atoms. The SMILES string of the molecule is CCC(C)(C)C(=O)OCCCCOC(=O)c1ccc(OS(=O)(=O)C(F)(F)C(F)(F)C(F)(F)CNCC(F)(F)F)cc1. The van der Waals surface area contributed by atoms with Crippen molar-refractivity contribution in [3.8, 4) is 5.75 Å². The number of ether oxygens (including phenoxy) is 2. The molecule has 0 aliphatic carbocycles. The number of esters is 2. The molecule has 0 heterocycles. The van der Waals surface area contributed by atoms with E-state index in [1.165, 1.54) is 0 Å². The summed E-state index contributed by atoms with van der Waals surface area (Å²) in [5.74, 6) is -15.1. The lowest BCUT2D eigenvalue weighted by molar-refractivity contribution is -0.278. The minimum absolute atomic E-state index is 0.0695. The summed E-state index contributed by atoms with van der Waals surface area (Å²) in [7, 11) is -6.85. The standard InChI is InChI=1S/C23H28F9NO7S/c1-4-19(2,3)18(35)39-12-6-5-11-38-17(34)15-7-9-16(10-8-15)40-41(36,37)23(31,32)22(29,30)20(24,25)13-33-14-21(26,27)28/h7-10,33H,4-6,11-14H2,1-3H3. The Morgan fingerprint density at radius 3 is 1.83 bits per heavy atom. The maximum Gasteiger partial charge on any atom is 0.449 e. The summed E-state index contributed by atoms with van der Waals surface area (Å²) in [6, 6.07) is 2.74. The van der Waals surface area contributed by atoms with Crippen molar-refractivity contribution in [2.24, 2.45) is 5.41 Å². The molecule has 0 aliphatic heterocycles. The molecule has 0 spiro atoms. The zero-order valence-electron chi connectivity index (χ0n) is 21.9. The fraction of sp³-hybridized carbons (Fsp3) is 0.652. The van der Waals surface area contributed by atoms with Gasteiger partial charge in [-0.2, -0.15) is 47.9 Å². The van der Waals surface area contributed by atoms with Crippen molar-refractivity contribution in [3.63, 3.8) is 0 Å². The fourth-order valence-electron chi connectivity index (χ4n) is 2.62. The highest BCUT2D eigenvalue weighted by Crippen LogP contribution is 2.48.